The maximum atomic E-state index is 12.8. The van der Waals surface area contributed by atoms with E-state index < -0.39 is 11.9 Å². The van der Waals surface area contributed by atoms with Crippen LogP contribution in [0.1, 0.15) is 17.7 Å². The van der Waals surface area contributed by atoms with Crippen molar-refractivity contribution in [1.82, 2.24) is 9.97 Å². The van der Waals surface area contributed by atoms with Gasteiger partial charge in [0.15, 0.2) is 0 Å². The van der Waals surface area contributed by atoms with Gasteiger partial charge in [-0.3, -0.25) is 0 Å². The molecule has 0 unspecified atom stereocenters. The lowest BCUT2D eigenvalue weighted by Gasteiger charge is -2.27. The van der Waals surface area contributed by atoms with Crippen LogP contribution in [0.4, 0.5) is 19.1 Å². The monoisotopic (exact) mass is 335 g/mol. The van der Waals surface area contributed by atoms with E-state index in [2.05, 4.69) is 9.97 Å². The summed E-state index contributed by atoms with van der Waals surface area (Å²) in [5.41, 5.74) is 1.27. The molecular weight excluding hydrogens is 319 g/mol. The van der Waals surface area contributed by atoms with Crippen molar-refractivity contribution in [3.05, 3.63) is 53.9 Å². The van der Waals surface area contributed by atoms with Crippen LogP contribution in [-0.4, -0.2) is 30.2 Å². The molecule has 0 aliphatic carbocycles. The Morgan fingerprint density at radius 3 is 2.71 bits per heavy atom. The van der Waals surface area contributed by atoms with Gasteiger partial charge in [-0.2, -0.15) is 13.2 Å². The first-order valence-corrected chi connectivity index (χ1v) is 7.46. The summed E-state index contributed by atoms with van der Waals surface area (Å²) < 4.78 is 43.5. The number of benzene rings is 1. The van der Waals surface area contributed by atoms with E-state index in [0.29, 0.717) is 19.5 Å². The molecule has 2 aromatic rings. The Bertz CT molecular complexity index is 759. The van der Waals surface area contributed by atoms with Crippen molar-refractivity contribution in [3.63, 3.8) is 0 Å². The maximum absolute atomic E-state index is 12.8. The lowest BCUT2D eigenvalue weighted by atomic mass is 9.99. The lowest BCUT2D eigenvalue weighted by Crippen LogP contribution is -2.30. The highest BCUT2D eigenvalue weighted by atomic mass is 19.4. The van der Waals surface area contributed by atoms with Gasteiger partial charge >= 0.3 is 6.18 Å². The molecule has 0 bridgehead atoms. The van der Waals surface area contributed by atoms with E-state index in [1.54, 1.807) is 12.0 Å². The topological polar surface area (TPSA) is 38.2 Å². The van der Waals surface area contributed by atoms with E-state index in [9.17, 15) is 13.2 Å². The van der Waals surface area contributed by atoms with Gasteiger partial charge in [0.2, 0.25) is 5.95 Å². The zero-order chi connectivity index (χ0) is 17.2. The molecule has 0 amide bonds. The SMILES string of the molecule is COc1cccc(C2=CCN(c3nccc(C(F)(F)F)n3)CC2)c1. The number of nitrogens with zero attached hydrogens (tertiary/aromatic N) is 3. The lowest BCUT2D eigenvalue weighted by molar-refractivity contribution is -0.141. The van der Waals surface area contributed by atoms with Gasteiger partial charge in [0.05, 0.1) is 7.11 Å². The second-order valence-electron chi connectivity index (χ2n) is 5.40. The van der Waals surface area contributed by atoms with Crippen LogP contribution in [0.5, 0.6) is 5.75 Å². The molecule has 4 nitrogen and oxygen atoms in total. The molecule has 1 aliphatic heterocycles. The van der Waals surface area contributed by atoms with E-state index in [1.807, 2.05) is 30.3 Å². The van der Waals surface area contributed by atoms with Gasteiger partial charge < -0.3 is 9.64 Å². The van der Waals surface area contributed by atoms with Gasteiger partial charge in [0, 0.05) is 19.3 Å². The summed E-state index contributed by atoms with van der Waals surface area (Å²) in [5, 5.41) is 0. The first kappa shape index (κ1) is 16.3. The number of methoxy groups -OCH3 is 1. The number of halogens is 3. The molecule has 126 valence electrons. The minimum atomic E-state index is -4.46. The highest BCUT2D eigenvalue weighted by Crippen LogP contribution is 2.30. The summed E-state index contributed by atoms with van der Waals surface area (Å²) in [5.74, 6) is 0.878. The van der Waals surface area contributed by atoms with E-state index in [4.69, 9.17) is 4.74 Å². The molecule has 0 fully saturated rings. The van der Waals surface area contributed by atoms with Crippen molar-refractivity contribution in [2.75, 3.05) is 25.1 Å². The molecule has 0 radical (unpaired) electrons. The van der Waals surface area contributed by atoms with Crippen molar-refractivity contribution in [2.24, 2.45) is 0 Å². The minimum Gasteiger partial charge on any atom is -0.497 e. The fourth-order valence-electron chi connectivity index (χ4n) is 2.59. The molecule has 2 heterocycles. The third kappa shape index (κ3) is 3.50. The molecular formula is C17H16F3N3O. The Balaban J connectivity index is 1.78. The molecule has 1 aromatic heterocycles. The van der Waals surface area contributed by atoms with E-state index in [-0.39, 0.29) is 5.95 Å². The summed E-state index contributed by atoms with van der Waals surface area (Å²) in [6, 6.07) is 8.60. The Morgan fingerprint density at radius 2 is 2.04 bits per heavy atom. The second-order valence-corrected chi connectivity index (χ2v) is 5.40. The number of hydrogen-bond donors (Lipinski definition) is 0. The number of alkyl halides is 3. The summed E-state index contributed by atoms with van der Waals surface area (Å²) >= 11 is 0. The fourth-order valence-corrected chi connectivity index (χ4v) is 2.59. The molecule has 3 rings (SSSR count). The maximum Gasteiger partial charge on any atom is 0.433 e. The summed E-state index contributed by atoms with van der Waals surface area (Å²) in [7, 11) is 1.61. The zero-order valence-electron chi connectivity index (χ0n) is 13.0. The Morgan fingerprint density at radius 1 is 1.21 bits per heavy atom. The van der Waals surface area contributed by atoms with Crippen LogP contribution in [0.3, 0.4) is 0 Å². The van der Waals surface area contributed by atoms with Gasteiger partial charge in [0.1, 0.15) is 11.4 Å². The first-order valence-electron chi connectivity index (χ1n) is 7.46. The van der Waals surface area contributed by atoms with Crippen molar-refractivity contribution in [2.45, 2.75) is 12.6 Å². The summed E-state index contributed by atoms with van der Waals surface area (Å²) in [4.78, 5) is 9.34. The van der Waals surface area contributed by atoms with Gasteiger partial charge in [-0.15, -0.1) is 0 Å². The number of aromatic nitrogens is 2. The predicted octanol–water partition coefficient (Wildman–Crippen LogP) is 3.80. The van der Waals surface area contributed by atoms with Crippen molar-refractivity contribution >= 4 is 11.5 Å². The Hall–Kier alpha value is -2.57. The van der Waals surface area contributed by atoms with E-state index >= 15 is 0 Å². The standard InChI is InChI=1S/C17H16F3N3O/c1-24-14-4-2-3-13(11-14)12-6-9-23(10-7-12)16-21-8-5-15(22-16)17(18,19)20/h2-6,8,11H,7,9-10H2,1H3. The number of ether oxygens (including phenoxy) is 1. The molecule has 0 spiro atoms. The normalized spacial score (nSPS) is 15.2. The average Bonchev–Trinajstić information content (AvgIpc) is 2.61. The van der Waals surface area contributed by atoms with Gasteiger partial charge in [-0.1, -0.05) is 18.2 Å². The van der Waals surface area contributed by atoms with Gasteiger partial charge in [-0.25, -0.2) is 9.97 Å². The zero-order valence-corrected chi connectivity index (χ0v) is 13.0. The predicted molar refractivity (Wildman–Crippen MR) is 84.8 cm³/mol. The van der Waals surface area contributed by atoms with Gasteiger partial charge in [-0.05, 0) is 35.8 Å². The molecule has 0 saturated heterocycles. The largest absolute Gasteiger partial charge is 0.497 e. The third-order valence-corrected chi connectivity index (χ3v) is 3.87. The Labute approximate surface area is 137 Å². The van der Waals surface area contributed by atoms with Crippen LogP contribution >= 0.6 is 0 Å². The molecule has 24 heavy (non-hydrogen) atoms. The van der Waals surface area contributed by atoms with Gasteiger partial charge in [0.25, 0.3) is 0 Å². The first-order chi connectivity index (χ1) is 11.5. The van der Waals surface area contributed by atoms with Crippen LogP contribution in [0.15, 0.2) is 42.6 Å². The number of hydrogen-bond acceptors (Lipinski definition) is 4. The molecule has 1 aliphatic rings. The second kappa shape index (κ2) is 6.51. The molecule has 1 aromatic carbocycles. The Kier molecular flexibility index (Phi) is 4.42. The summed E-state index contributed by atoms with van der Waals surface area (Å²) in [6.45, 7) is 1.03. The van der Waals surface area contributed by atoms with Crippen LogP contribution in [-0.2, 0) is 6.18 Å². The summed E-state index contributed by atoms with van der Waals surface area (Å²) in [6.07, 6.45) is -0.629. The van der Waals surface area contributed by atoms with Crippen LogP contribution in [0, 0.1) is 0 Å². The van der Waals surface area contributed by atoms with Crippen molar-refractivity contribution < 1.29 is 17.9 Å². The molecule has 0 atom stereocenters. The highest BCUT2D eigenvalue weighted by molar-refractivity contribution is 5.69. The van der Waals surface area contributed by atoms with Crippen LogP contribution in [0.2, 0.25) is 0 Å². The van der Waals surface area contributed by atoms with Crippen molar-refractivity contribution in [1.29, 1.82) is 0 Å². The van der Waals surface area contributed by atoms with Crippen molar-refractivity contribution in [3.8, 4) is 5.75 Å². The van der Waals surface area contributed by atoms with Crippen LogP contribution < -0.4 is 9.64 Å². The third-order valence-electron chi connectivity index (χ3n) is 3.87. The fraction of sp³-hybridized carbons (Fsp3) is 0.294. The quantitative estimate of drug-likeness (QED) is 0.855. The average molecular weight is 335 g/mol. The molecule has 7 heteroatoms. The van der Waals surface area contributed by atoms with E-state index in [0.717, 1.165) is 29.1 Å². The van der Waals surface area contributed by atoms with Crippen LogP contribution in [0.25, 0.3) is 5.57 Å². The molecule has 0 N–H and O–H groups in total. The number of anilines is 1. The molecule has 0 saturated carbocycles. The highest BCUT2D eigenvalue weighted by Gasteiger charge is 2.33. The minimum absolute atomic E-state index is 0.103. The smallest absolute Gasteiger partial charge is 0.433 e. The van der Waals surface area contributed by atoms with E-state index in [1.165, 1.54) is 0 Å². The number of rotatable bonds is 3.